The van der Waals surface area contributed by atoms with Crippen LogP contribution >= 0.6 is 0 Å². The number of pyridine rings is 1. The Morgan fingerprint density at radius 3 is 2.45 bits per heavy atom. The zero-order valence-electron chi connectivity index (χ0n) is 13.4. The number of aliphatic hydroxyl groups is 1. The lowest BCUT2D eigenvalue weighted by atomic mass is 10.0. The largest absolute Gasteiger partial charge is 0.388 e. The highest BCUT2D eigenvalue weighted by Gasteiger charge is 2.17. The Morgan fingerprint density at radius 1 is 1.09 bits per heavy atom. The summed E-state index contributed by atoms with van der Waals surface area (Å²) in [6.07, 6.45) is 4.24. The average molecular weight is 298 g/mol. The fourth-order valence-corrected chi connectivity index (χ4v) is 2.75. The van der Waals surface area contributed by atoms with Crippen LogP contribution in [0.15, 0.2) is 54.7 Å². The average Bonchev–Trinajstić information content (AvgIpc) is 2.56. The van der Waals surface area contributed by atoms with Crippen molar-refractivity contribution in [3.63, 3.8) is 0 Å². The highest BCUT2D eigenvalue weighted by molar-refractivity contribution is 5.17. The molecule has 0 amide bonds. The van der Waals surface area contributed by atoms with Crippen molar-refractivity contribution in [2.24, 2.45) is 0 Å². The van der Waals surface area contributed by atoms with E-state index in [1.165, 1.54) is 0 Å². The number of rotatable bonds is 8. The van der Waals surface area contributed by atoms with Gasteiger partial charge in [-0.15, -0.1) is 0 Å². The van der Waals surface area contributed by atoms with E-state index in [9.17, 15) is 5.11 Å². The predicted octanol–water partition coefficient (Wildman–Crippen LogP) is 4.02. The Kier molecular flexibility index (Phi) is 6.56. The lowest BCUT2D eigenvalue weighted by Crippen LogP contribution is -2.32. The van der Waals surface area contributed by atoms with Crippen molar-refractivity contribution in [1.29, 1.82) is 0 Å². The molecule has 3 nitrogen and oxygen atoms in total. The number of hydrogen-bond acceptors (Lipinski definition) is 3. The molecule has 3 unspecified atom stereocenters. The maximum absolute atomic E-state index is 10.3. The zero-order valence-corrected chi connectivity index (χ0v) is 13.4. The van der Waals surface area contributed by atoms with Crippen molar-refractivity contribution < 1.29 is 5.11 Å². The molecule has 22 heavy (non-hydrogen) atoms. The quantitative estimate of drug-likeness (QED) is 0.773. The first-order chi connectivity index (χ1) is 10.7. The monoisotopic (exact) mass is 298 g/mol. The van der Waals surface area contributed by atoms with Gasteiger partial charge in [0.1, 0.15) is 0 Å². The van der Waals surface area contributed by atoms with Crippen LogP contribution in [0.1, 0.15) is 56.5 Å². The van der Waals surface area contributed by atoms with Crippen LogP contribution < -0.4 is 5.32 Å². The van der Waals surface area contributed by atoms with Gasteiger partial charge in [0, 0.05) is 18.3 Å². The second kappa shape index (κ2) is 8.66. The molecule has 2 N–H and O–H groups in total. The molecule has 0 spiro atoms. The topological polar surface area (TPSA) is 45.1 Å². The number of benzene rings is 1. The van der Waals surface area contributed by atoms with Crippen LogP contribution in [0.25, 0.3) is 0 Å². The minimum Gasteiger partial charge on any atom is -0.388 e. The number of aromatic nitrogens is 1. The van der Waals surface area contributed by atoms with Crippen LogP contribution in [0.2, 0.25) is 0 Å². The number of hydrogen-bond donors (Lipinski definition) is 2. The molecule has 0 saturated carbocycles. The lowest BCUT2D eigenvalue weighted by molar-refractivity contribution is 0.151. The van der Waals surface area contributed by atoms with Crippen LogP contribution in [0.4, 0.5) is 0 Å². The molecule has 0 bridgehead atoms. The van der Waals surface area contributed by atoms with E-state index in [1.54, 1.807) is 0 Å². The van der Waals surface area contributed by atoms with Gasteiger partial charge in [0.2, 0.25) is 0 Å². The molecule has 0 fully saturated rings. The van der Waals surface area contributed by atoms with Crippen molar-refractivity contribution >= 4 is 0 Å². The third-order valence-electron chi connectivity index (χ3n) is 3.87. The van der Waals surface area contributed by atoms with Gasteiger partial charge in [-0.25, -0.2) is 0 Å². The van der Waals surface area contributed by atoms with Crippen LogP contribution in [0, 0.1) is 0 Å². The zero-order chi connectivity index (χ0) is 15.8. The van der Waals surface area contributed by atoms with Gasteiger partial charge in [-0.2, -0.15) is 0 Å². The summed E-state index contributed by atoms with van der Waals surface area (Å²) < 4.78 is 0. The molecule has 1 aromatic carbocycles. The van der Waals surface area contributed by atoms with Gasteiger partial charge in [-0.3, -0.25) is 4.98 Å². The minimum atomic E-state index is -0.435. The first-order valence-electron chi connectivity index (χ1n) is 8.10. The van der Waals surface area contributed by atoms with Gasteiger partial charge in [0.05, 0.1) is 11.8 Å². The Labute approximate surface area is 133 Å². The maximum Gasteiger partial charge on any atom is 0.0804 e. The fraction of sp³-hybridized carbons (Fsp3) is 0.421. The van der Waals surface area contributed by atoms with Crippen molar-refractivity contribution in [2.75, 3.05) is 0 Å². The first kappa shape index (κ1) is 16.7. The summed E-state index contributed by atoms with van der Waals surface area (Å²) in [4.78, 5) is 4.46. The van der Waals surface area contributed by atoms with Gasteiger partial charge in [0.25, 0.3) is 0 Å². The van der Waals surface area contributed by atoms with Crippen molar-refractivity contribution in [3.05, 3.63) is 66.0 Å². The number of nitrogens with zero attached hydrogens (tertiary/aromatic N) is 1. The first-order valence-corrected chi connectivity index (χ1v) is 8.10. The fourth-order valence-electron chi connectivity index (χ4n) is 2.75. The molecular weight excluding hydrogens is 272 g/mol. The molecule has 3 atom stereocenters. The SMILES string of the molecule is CCCC(NC(C)CC(O)c1ccccc1)c1ccccn1. The molecule has 0 aliphatic rings. The molecule has 1 heterocycles. The predicted molar refractivity (Wildman–Crippen MR) is 90.5 cm³/mol. The highest BCUT2D eigenvalue weighted by Crippen LogP contribution is 2.21. The van der Waals surface area contributed by atoms with Gasteiger partial charge < -0.3 is 10.4 Å². The van der Waals surface area contributed by atoms with Crippen molar-refractivity contribution in [2.45, 2.75) is 51.3 Å². The summed E-state index contributed by atoms with van der Waals surface area (Å²) in [5.74, 6) is 0. The Balaban J connectivity index is 1.95. The molecule has 0 saturated heterocycles. The third kappa shape index (κ3) is 4.93. The van der Waals surface area contributed by atoms with Crippen molar-refractivity contribution in [1.82, 2.24) is 10.3 Å². The van der Waals surface area contributed by atoms with Gasteiger partial charge in [-0.1, -0.05) is 49.7 Å². The molecule has 2 aromatic rings. The second-order valence-electron chi connectivity index (χ2n) is 5.83. The standard InChI is InChI=1S/C19H26N2O/c1-3-9-18(17-12-7-8-13-20-17)21-15(2)14-19(22)16-10-5-4-6-11-16/h4-8,10-13,15,18-19,21-22H,3,9,14H2,1-2H3. The Hall–Kier alpha value is -1.71. The molecule has 0 aliphatic heterocycles. The molecular formula is C19H26N2O. The summed E-state index contributed by atoms with van der Waals surface area (Å²) in [5.41, 5.74) is 2.05. The minimum absolute atomic E-state index is 0.216. The molecule has 1 aromatic heterocycles. The highest BCUT2D eigenvalue weighted by atomic mass is 16.3. The number of nitrogens with one attached hydrogen (secondary N) is 1. The Bertz CT molecular complexity index is 530. The summed E-state index contributed by atoms with van der Waals surface area (Å²) >= 11 is 0. The normalized spacial score (nSPS) is 15.2. The summed E-state index contributed by atoms with van der Waals surface area (Å²) in [7, 11) is 0. The maximum atomic E-state index is 10.3. The summed E-state index contributed by atoms with van der Waals surface area (Å²) in [6, 6.07) is 16.3. The van der Waals surface area contributed by atoms with E-state index < -0.39 is 6.10 Å². The second-order valence-corrected chi connectivity index (χ2v) is 5.83. The van der Waals surface area contributed by atoms with Gasteiger partial charge >= 0.3 is 0 Å². The van der Waals surface area contributed by atoms with E-state index in [0.717, 1.165) is 24.1 Å². The summed E-state index contributed by atoms with van der Waals surface area (Å²) in [5, 5.41) is 14.0. The van der Waals surface area contributed by atoms with E-state index >= 15 is 0 Å². The van der Waals surface area contributed by atoms with Crippen LogP contribution in [-0.4, -0.2) is 16.1 Å². The molecule has 3 heteroatoms. The van der Waals surface area contributed by atoms with E-state index in [4.69, 9.17) is 0 Å². The Morgan fingerprint density at radius 2 is 1.82 bits per heavy atom. The molecule has 118 valence electrons. The van der Waals surface area contributed by atoms with Crippen LogP contribution in [0.5, 0.6) is 0 Å². The molecule has 0 aliphatic carbocycles. The van der Waals surface area contributed by atoms with Crippen LogP contribution in [-0.2, 0) is 0 Å². The number of aliphatic hydroxyl groups excluding tert-OH is 1. The van der Waals surface area contributed by atoms with Gasteiger partial charge in [0.15, 0.2) is 0 Å². The molecule has 0 radical (unpaired) electrons. The van der Waals surface area contributed by atoms with Gasteiger partial charge in [-0.05, 0) is 37.5 Å². The van der Waals surface area contributed by atoms with Crippen LogP contribution in [0.3, 0.4) is 0 Å². The van der Waals surface area contributed by atoms with E-state index in [-0.39, 0.29) is 12.1 Å². The molecule has 2 rings (SSSR count). The van der Waals surface area contributed by atoms with E-state index in [2.05, 4.69) is 30.2 Å². The van der Waals surface area contributed by atoms with E-state index in [0.29, 0.717) is 6.42 Å². The lowest BCUT2D eigenvalue weighted by Gasteiger charge is -2.24. The van der Waals surface area contributed by atoms with E-state index in [1.807, 2.05) is 48.7 Å². The third-order valence-corrected chi connectivity index (χ3v) is 3.87. The van der Waals surface area contributed by atoms with Crippen molar-refractivity contribution in [3.8, 4) is 0 Å². The summed E-state index contributed by atoms with van der Waals surface area (Å²) in [6.45, 7) is 4.30. The smallest absolute Gasteiger partial charge is 0.0804 e.